The van der Waals surface area contributed by atoms with Crippen LogP contribution in [-0.2, 0) is 14.4 Å². The maximum Gasteiger partial charge on any atom is 0.490 e. The number of piperidine rings is 1. The van der Waals surface area contributed by atoms with Gasteiger partial charge in [0.2, 0.25) is 5.91 Å². The minimum Gasteiger partial charge on any atom is -0.480 e. The molecule has 1 saturated heterocycles. The van der Waals surface area contributed by atoms with Gasteiger partial charge in [0.1, 0.15) is 6.54 Å². The van der Waals surface area contributed by atoms with E-state index in [-0.39, 0.29) is 24.4 Å². The first kappa shape index (κ1) is 22.4. The summed E-state index contributed by atoms with van der Waals surface area (Å²) >= 11 is 0. The van der Waals surface area contributed by atoms with Crippen molar-refractivity contribution in [3.05, 3.63) is 35.9 Å². The van der Waals surface area contributed by atoms with E-state index in [1.54, 1.807) is 0 Å². The number of benzene rings is 1. The zero-order valence-corrected chi connectivity index (χ0v) is 14.3. The van der Waals surface area contributed by atoms with Crippen molar-refractivity contribution in [1.29, 1.82) is 0 Å². The monoisotopic (exact) mass is 390 g/mol. The van der Waals surface area contributed by atoms with Gasteiger partial charge in [0.05, 0.1) is 5.92 Å². The van der Waals surface area contributed by atoms with E-state index in [4.69, 9.17) is 15.0 Å². The predicted octanol–water partition coefficient (Wildman–Crippen LogP) is 1.75. The fourth-order valence-corrected chi connectivity index (χ4v) is 2.66. The number of amides is 1. The second kappa shape index (κ2) is 10.5. The molecule has 0 aliphatic carbocycles. The van der Waals surface area contributed by atoms with Crippen LogP contribution in [0.15, 0.2) is 30.3 Å². The third-order valence-corrected chi connectivity index (χ3v) is 3.85. The van der Waals surface area contributed by atoms with Crippen LogP contribution in [0.2, 0.25) is 0 Å². The number of hydrogen-bond acceptors (Lipinski definition) is 4. The summed E-state index contributed by atoms with van der Waals surface area (Å²) in [5.74, 6) is -4.34. The fourth-order valence-electron chi connectivity index (χ4n) is 2.66. The highest BCUT2D eigenvalue weighted by Crippen LogP contribution is 2.25. The lowest BCUT2D eigenvalue weighted by molar-refractivity contribution is -0.192. The van der Waals surface area contributed by atoms with E-state index >= 15 is 0 Å². The molecule has 0 saturated carbocycles. The highest BCUT2D eigenvalue weighted by molar-refractivity contribution is 5.87. The Morgan fingerprint density at radius 3 is 2.19 bits per heavy atom. The second-order valence-corrected chi connectivity index (χ2v) is 5.86. The quantitative estimate of drug-likeness (QED) is 0.609. The van der Waals surface area contributed by atoms with Gasteiger partial charge in [-0.05, 0) is 24.9 Å². The molecule has 27 heavy (non-hydrogen) atoms. The van der Waals surface area contributed by atoms with E-state index in [2.05, 4.69) is 10.6 Å². The summed E-state index contributed by atoms with van der Waals surface area (Å²) in [7, 11) is 0. The van der Waals surface area contributed by atoms with Gasteiger partial charge < -0.3 is 20.8 Å². The van der Waals surface area contributed by atoms with Crippen molar-refractivity contribution in [2.75, 3.05) is 13.1 Å². The van der Waals surface area contributed by atoms with Gasteiger partial charge in [0.25, 0.3) is 0 Å². The summed E-state index contributed by atoms with van der Waals surface area (Å²) in [5.41, 5.74) is 0.926. The van der Waals surface area contributed by atoms with E-state index in [1.165, 1.54) is 0 Å². The molecule has 1 aliphatic rings. The van der Waals surface area contributed by atoms with Gasteiger partial charge in [-0.1, -0.05) is 36.8 Å². The molecule has 1 heterocycles. The van der Waals surface area contributed by atoms with Crippen LogP contribution in [-0.4, -0.2) is 53.4 Å². The smallest absolute Gasteiger partial charge is 0.480 e. The molecule has 2 unspecified atom stereocenters. The molecule has 2 rings (SSSR count). The number of carboxylic acid groups (broad SMARTS) is 2. The Kier molecular flexibility index (Phi) is 8.73. The normalized spacial score (nSPS) is 17.8. The number of carbonyl (C=O) groups excluding carboxylic acids is 1. The predicted molar refractivity (Wildman–Crippen MR) is 89.2 cm³/mol. The summed E-state index contributed by atoms with van der Waals surface area (Å²) in [6, 6.07) is 9.61. The van der Waals surface area contributed by atoms with E-state index < -0.39 is 18.1 Å². The summed E-state index contributed by atoms with van der Waals surface area (Å²) < 4.78 is 31.7. The number of hydrogen-bond donors (Lipinski definition) is 4. The maximum absolute atomic E-state index is 12.3. The third-order valence-electron chi connectivity index (χ3n) is 3.85. The Morgan fingerprint density at radius 1 is 1.15 bits per heavy atom. The first-order chi connectivity index (χ1) is 12.6. The molecule has 2 atom stereocenters. The van der Waals surface area contributed by atoms with Crippen molar-refractivity contribution in [3.63, 3.8) is 0 Å². The van der Waals surface area contributed by atoms with Gasteiger partial charge in [-0.25, -0.2) is 4.79 Å². The van der Waals surface area contributed by atoms with Gasteiger partial charge in [-0.2, -0.15) is 13.2 Å². The number of aliphatic carboxylic acids is 2. The lowest BCUT2D eigenvalue weighted by Gasteiger charge is -2.30. The second-order valence-electron chi connectivity index (χ2n) is 5.86. The first-order valence-corrected chi connectivity index (χ1v) is 8.21. The van der Waals surface area contributed by atoms with Crippen molar-refractivity contribution in [3.8, 4) is 0 Å². The van der Waals surface area contributed by atoms with Crippen LogP contribution in [0.25, 0.3) is 0 Å². The molecule has 1 fully saturated rings. The number of rotatable bonds is 5. The lowest BCUT2D eigenvalue weighted by atomic mass is 9.86. The van der Waals surface area contributed by atoms with Gasteiger partial charge >= 0.3 is 18.1 Å². The van der Waals surface area contributed by atoms with Crippen molar-refractivity contribution >= 4 is 17.8 Å². The van der Waals surface area contributed by atoms with Crippen LogP contribution in [0, 0.1) is 0 Å². The van der Waals surface area contributed by atoms with E-state index in [1.807, 2.05) is 30.3 Å². The minimum atomic E-state index is -5.08. The number of alkyl halides is 3. The Morgan fingerprint density at radius 2 is 1.74 bits per heavy atom. The number of nitrogens with one attached hydrogen (secondary N) is 2. The average molecular weight is 390 g/mol. The molecule has 1 aromatic carbocycles. The van der Waals surface area contributed by atoms with E-state index in [9.17, 15) is 22.8 Å². The topological polar surface area (TPSA) is 116 Å². The van der Waals surface area contributed by atoms with Crippen LogP contribution in [0.5, 0.6) is 0 Å². The van der Waals surface area contributed by atoms with Crippen LogP contribution >= 0.6 is 0 Å². The van der Waals surface area contributed by atoms with Crippen molar-refractivity contribution in [2.45, 2.75) is 37.4 Å². The molecule has 0 radical (unpaired) electrons. The summed E-state index contributed by atoms with van der Waals surface area (Å²) in [6.07, 6.45) is -1.94. The van der Waals surface area contributed by atoms with Gasteiger partial charge in [-0.3, -0.25) is 9.59 Å². The molecular formula is C17H21F3N2O5. The molecule has 1 aliphatic heterocycles. The van der Waals surface area contributed by atoms with Gasteiger partial charge in [0.15, 0.2) is 0 Å². The molecule has 4 N–H and O–H groups in total. The highest BCUT2D eigenvalue weighted by Gasteiger charge is 2.38. The summed E-state index contributed by atoms with van der Waals surface area (Å²) in [5, 5.41) is 21.7. The number of carbonyl (C=O) groups is 3. The van der Waals surface area contributed by atoms with Gasteiger partial charge in [0, 0.05) is 6.04 Å². The summed E-state index contributed by atoms with van der Waals surface area (Å²) in [4.78, 5) is 31.8. The van der Waals surface area contributed by atoms with E-state index in [0.717, 1.165) is 31.4 Å². The molecule has 1 aromatic rings. The molecular weight excluding hydrogens is 369 g/mol. The van der Waals surface area contributed by atoms with Crippen molar-refractivity contribution < 1.29 is 37.8 Å². The Hall–Kier alpha value is -2.62. The van der Waals surface area contributed by atoms with Crippen molar-refractivity contribution in [1.82, 2.24) is 10.6 Å². The van der Waals surface area contributed by atoms with Crippen LogP contribution in [0.1, 0.15) is 30.7 Å². The molecule has 0 spiro atoms. The number of halogens is 3. The lowest BCUT2D eigenvalue weighted by Crippen LogP contribution is -2.46. The van der Waals surface area contributed by atoms with Crippen LogP contribution < -0.4 is 10.6 Å². The largest absolute Gasteiger partial charge is 0.490 e. The fraction of sp³-hybridized carbons (Fsp3) is 0.471. The average Bonchev–Trinajstić information content (AvgIpc) is 2.62. The maximum atomic E-state index is 12.3. The molecule has 0 bridgehead atoms. The Labute approximate surface area is 153 Å². The molecule has 10 heteroatoms. The first-order valence-electron chi connectivity index (χ1n) is 8.21. The van der Waals surface area contributed by atoms with Crippen LogP contribution in [0.4, 0.5) is 13.2 Å². The van der Waals surface area contributed by atoms with Crippen LogP contribution in [0.3, 0.4) is 0 Å². The van der Waals surface area contributed by atoms with Gasteiger partial charge in [-0.15, -0.1) is 0 Å². The molecule has 7 nitrogen and oxygen atoms in total. The summed E-state index contributed by atoms with van der Waals surface area (Å²) in [6.45, 7) is 0.565. The zero-order valence-electron chi connectivity index (χ0n) is 14.3. The Balaban J connectivity index is 0.000000445. The number of carboxylic acids is 2. The Bertz CT molecular complexity index is 631. The van der Waals surface area contributed by atoms with Crippen molar-refractivity contribution in [2.24, 2.45) is 0 Å². The van der Waals surface area contributed by atoms with E-state index in [0.29, 0.717) is 0 Å². The minimum absolute atomic E-state index is 0.0694. The highest BCUT2D eigenvalue weighted by atomic mass is 19.4. The molecule has 1 amide bonds. The SMILES string of the molecule is O=C(O)C(F)(F)F.O=C(O)CNC(=O)C(c1ccccc1)C1CCCCN1. The third kappa shape index (κ3) is 8.07. The molecule has 150 valence electrons. The zero-order chi connectivity index (χ0) is 20.4. The standard InChI is InChI=1S/C15H20N2O3.C2HF3O2/c18-13(19)10-17-15(20)14(11-6-2-1-3-7-11)12-8-4-5-9-16-12;3-2(4,5)1(6)7/h1-3,6-7,12,14,16H,4-5,8-10H2,(H,17,20)(H,18,19);(H,6,7). The molecule has 0 aromatic heterocycles.